The molecule has 104 valence electrons. The summed E-state index contributed by atoms with van der Waals surface area (Å²) < 4.78 is 4.60. The van der Waals surface area contributed by atoms with Crippen LogP contribution in [0.2, 0.25) is 0 Å². The van der Waals surface area contributed by atoms with Gasteiger partial charge < -0.3 is 9.64 Å². The second-order valence-electron chi connectivity index (χ2n) is 4.71. The second-order valence-corrected chi connectivity index (χ2v) is 4.71. The van der Waals surface area contributed by atoms with Crippen molar-refractivity contribution in [1.29, 1.82) is 0 Å². The Morgan fingerprint density at radius 1 is 1.32 bits per heavy atom. The van der Waals surface area contributed by atoms with Crippen molar-refractivity contribution in [1.82, 2.24) is 9.88 Å². The van der Waals surface area contributed by atoms with Crippen molar-refractivity contribution >= 4 is 11.9 Å². The predicted molar refractivity (Wildman–Crippen MR) is 71.6 cm³/mol. The van der Waals surface area contributed by atoms with Crippen molar-refractivity contribution in [2.75, 3.05) is 20.2 Å². The Hall–Kier alpha value is -1.91. The van der Waals surface area contributed by atoms with E-state index in [-0.39, 0.29) is 18.3 Å². The zero-order valence-electron chi connectivity index (χ0n) is 11.6. The van der Waals surface area contributed by atoms with Crippen LogP contribution in [-0.4, -0.2) is 42.0 Å². The summed E-state index contributed by atoms with van der Waals surface area (Å²) in [6, 6.07) is 3.35. The molecule has 5 nitrogen and oxygen atoms in total. The van der Waals surface area contributed by atoms with E-state index in [2.05, 4.69) is 9.72 Å². The van der Waals surface area contributed by atoms with Gasteiger partial charge >= 0.3 is 5.97 Å². The lowest BCUT2D eigenvalue weighted by molar-refractivity contribution is -0.140. The average Bonchev–Trinajstić information content (AvgIpc) is 2.42. The summed E-state index contributed by atoms with van der Waals surface area (Å²) in [7, 11) is 1.35. The normalized spacial score (nSPS) is 10.3. The minimum atomic E-state index is -0.309. The fourth-order valence-electron chi connectivity index (χ4n) is 1.72. The molecular weight excluding hydrogens is 244 g/mol. The van der Waals surface area contributed by atoms with E-state index < -0.39 is 0 Å². The highest BCUT2D eigenvalue weighted by Gasteiger charge is 2.17. The van der Waals surface area contributed by atoms with Crippen molar-refractivity contribution in [2.45, 2.75) is 20.3 Å². The topological polar surface area (TPSA) is 59.5 Å². The van der Waals surface area contributed by atoms with Gasteiger partial charge in [0.1, 0.15) is 0 Å². The first-order chi connectivity index (χ1) is 9.04. The van der Waals surface area contributed by atoms with E-state index in [0.717, 1.165) is 0 Å². The lowest BCUT2D eigenvalue weighted by Gasteiger charge is -2.24. The smallest absolute Gasteiger partial charge is 0.307 e. The molecule has 0 bridgehead atoms. The maximum Gasteiger partial charge on any atom is 0.307 e. The zero-order chi connectivity index (χ0) is 14.3. The number of carbonyl (C=O) groups excluding carboxylic acids is 2. The van der Waals surface area contributed by atoms with Crippen LogP contribution in [0.5, 0.6) is 0 Å². The van der Waals surface area contributed by atoms with Crippen LogP contribution in [0.3, 0.4) is 0 Å². The van der Waals surface area contributed by atoms with Gasteiger partial charge in [0.25, 0.3) is 5.91 Å². The number of rotatable bonds is 6. The Balaban J connectivity index is 2.73. The van der Waals surface area contributed by atoms with E-state index in [4.69, 9.17) is 0 Å². The van der Waals surface area contributed by atoms with Crippen molar-refractivity contribution in [3.63, 3.8) is 0 Å². The Morgan fingerprint density at radius 2 is 1.95 bits per heavy atom. The standard InChI is InChI=1S/C14H20N2O3/c1-11(2)10-16(9-6-13(17)19-3)14(18)12-4-7-15-8-5-12/h4-5,7-8,11H,6,9-10H2,1-3H3. The number of hydrogen-bond donors (Lipinski definition) is 0. The van der Waals surface area contributed by atoms with E-state index in [9.17, 15) is 9.59 Å². The van der Waals surface area contributed by atoms with Crippen LogP contribution in [0.4, 0.5) is 0 Å². The van der Waals surface area contributed by atoms with E-state index in [0.29, 0.717) is 24.6 Å². The number of hydrogen-bond acceptors (Lipinski definition) is 4. The summed E-state index contributed by atoms with van der Waals surface area (Å²) in [6.07, 6.45) is 3.38. The molecule has 1 rings (SSSR count). The third-order valence-corrected chi connectivity index (χ3v) is 2.61. The van der Waals surface area contributed by atoms with Gasteiger partial charge in [-0.3, -0.25) is 14.6 Å². The van der Waals surface area contributed by atoms with Crippen molar-refractivity contribution in [3.8, 4) is 0 Å². The van der Waals surface area contributed by atoms with E-state index in [1.165, 1.54) is 7.11 Å². The molecule has 0 radical (unpaired) electrons. The molecular formula is C14H20N2O3. The molecule has 0 N–H and O–H groups in total. The summed E-state index contributed by atoms with van der Waals surface area (Å²) in [5, 5.41) is 0. The highest BCUT2D eigenvalue weighted by atomic mass is 16.5. The van der Waals surface area contributed by atoms with Gasteiger partial charge in [0.15, 0.2) is 0 Å². The molecule has 0 saturated heterocycles. The number of methoxy groups -OCH3 is 1. The molecule has 0 unspecified atom stereocenters. The summed E-state index contributed by atoms with van der Waals surface area (Å²) >= 11 is 0. The third kappa shape index (κ3) is 5.07. The summed E-state index contributed by atoms with van der Waals surface area (Å²) in [5.74, 6) is -0.0558. The van der Waals surface area contributed by atoms with Gasteiger partial charge in [-0.05, 0) is 18.1 Å². The molecule has 0 aromatic carbocycles. The number of carbonyl (C=O) groups is 2. The maximum atomic E-state index is 12.3. The van der Waals surface area contributed by atoms with E-state index in [1.807, 2.05) is 13.8 Å². The minimum Gasteiger partial charge on any atom is -0.469 e. The molecule has 0 fully saturated rings. The van der Waals surface area contributed by atoms with Crippen LogP contribution >= 0.6 is 0 Å². The number of ether oxygens (including phenoxy) is 1. The molecule has 1 aromatic heterocycles. The summed E-state index contributed by atoms with van der Waals surface area (Å²) in [6.45, 7) is 5.04. The Bertz CT molecular complexity index is 418. The van der Waals surface area contributed by atoms with Gasteiger partial charge in [0, 0.05) is 31.0 Å². The zero-order valence-corrected chi connectivity index (χ0v) is 11.6. The molecule has 19 heavy (non-hydrogen) atoms. The van der Waals surface area contributed by atoms with Gasteiger partial charge in [-0.15, -0.1) is 0 Å². The molecule has 0 aliphatic heterocycles. The number of pyridine rings is 1. The maximum absolute atomic E-state index is 12.3. The van der Waals surface area contributed by atoms with Crippen molar-refractivity contribution in [3.05, 3.63) is 30.1 Å². The van der Waals surface area contributed by atoms with Gasteiger partial charge in [-0.2, -0.15) is 0 Å². The lowest BCUT2D eigenvalue weighted by atomic mass is 10.1. The second kappa shape index (κ2) is 7.51. The van der Waals surface area contributed by atoms with Crippen molar-refractivity contribution in [2.24, 2.45) is 5.92 Å². The molecule has 5 heteroatoms. The fraction of sp³-hybridized carbons (Fsp3) is 0.500. The van der Waals surface area contributed by atoms with Crippen LogP contribution in [0.15, 0.2) is 24.5 Å². The van der Waals surface area contributed by atoms with Gasteiger partial charge in [-0.25, -0.2) is 0 Å². The van der Waals surface area contributed by atoms with Gasteiger partial charge in [0.05, 0.1) is 13.5 Å². The van der Waals surface area contributed by atoms with Crippen molar-refractivity contribution < 1.29 is 14.3 Å². The van der Waals surface area contributed by atoms with E-state index in [1.54, 1.807) is 29.4 Å². The molecule has 0 spiro atoms. The summed E-state index contributed by atoms with van der Waals surface area (Å²) in [5.41, 5.74) is 0.584. The first-order valence-corrected chi connectivity index (χ1v) is 6.30. The fourth-order valence-corrected chi connectivity index (χ4v) is 1.72. The minimum absolute atomic E-state index is 0.0833. The number of nitrogens with zero attached hydrogens (tertiary/aromatic N) is 2. The highest BCUT2D eigenvalue weighted by molar-refractivity contribution is 5.94. The molecule has 0 saturated carbocycles. The van der Waals surface area contributed by atoms with Crippen LogP contribution in [0.1, 0.15) is 30.6 Å². The first kappa shape index (κ1) is 15.1. The van der Waals surface area contributed by atoms with Crippen LogP contribution < -0.4 is 0 Å². The first-order valence-electron chi connectivity index (χ1n) is 6.30. The monoisotopic (exact) mass is 264 g/mol. The molecule has 1 aromatic rings. The molecule has 0 aliphatic rings. The molecule has 1 heterocycles. The molecule has 0 aliphatic carbocycles. The quantitative estimate of drug-likeness (QED) is 0.734. The Labute approximate surface area is 113 Å². The number of esters is 1. The van der Waals surface area contributed by atoms with Gasteiger partial charge in [-0.1, -0.05) is 13.8 Å². The van der Waals surface area contributed by atoms with Crippen LogP contribution in [0, 0.1) is 5.92 Å². The highest BCUT2D eigenvalue weighted by Crippen LogP contribution is 2.08. The lowest BCUT2D eigenvalue weighted by Crippen LogP contribution is -2.36. The molecule has 0 atom stereocenters. The van der Waals surface area contributed by atoms with Crippen LogP contribution in [-0.2, 0) is 9.53 Å². The largest absolute Gasteiger partial charge is 0.469 e. The average molecular weight is 264 g/mol. The molecule has 1 amide bonds. The van der Waals surface area contributed by atoms with Gasteiger partial charge in [0.2, 0.25) is 0 Å². The SMILES string of the molecule is COC(=O)CCN(CC(C)C)C(=O)c1ccncc1. The third-order valence-electron chi connectivity index (χ3n) is 2.61. The Morgan fingerprint density at radius 3 is 2.47 bits per heavy atom. The number of aromatic nitrogens is 1. The Kier molecular flexibility index (Phi) is 5.99. The van der Waals surface area contributed by atoms with E-state index >= 15 is 0 Å². The summed E-state index contributed by atoms with van der Waals surface area (Å²) in [4.78, 5) is 29.1. The number of amides is 1. The van der Waals surface area contributed by atoms with Crippen LogP contribution in [0.25, 0.3) is 0 Å². The predicted octanol–water partition coefficient (Wildman–Crippen LogP) is 1.74.